The number of fused-ring (bicyclic) bond motifs is 1. The molecule has 1 aromatic heterocycles. The van der Waals surface area contributed by atoms with Gasteiger partial charge in [0.15, 0.2) is 0 Å². The van der Waals surface area contributed by atoms with E-state index in [4.69, 9.17) is 0 Å². The first-order chi connectivity index (χ1) is 11.6. The Bertz CT molecular complexity index is 827. The number of benzene rings is 2. The minimum atomic E-state index is -0.404. The molecule has 1 heterocycles. The second-order valence-electron chi connectivity index (χ2n) is 5.92. The molecule has 0 fully saturated rings. The predicted molar refractivity (Wildman–Crippen MR) is 97.3 cm³/mol. The Hall–Kier alpha value is -2.49. The van der Waals surface area contributed by atoms with E-state index in [1.807, 2.05) is 35.9 Å². The summed E-state index contributed by atoms with van der Waals surface area (Å²) >= 11 is 0. The van der Waals surface area contributed by atoms with Crippen LogP contribution in [0.2, 0.25) is 0 Å². The SMILES string of the molecule is CCN(CCc1cn(CC)c2cc(F)cc(O)c12)c1ccccc1. The summed E-state index contributed by atoms with van der Waals surface area (Å²) < 4.78 is 15.6. The quantitative estimate of drug-likeness (QED) is 0.718. The first kappa shape index (κ1) is 16.4. The van der Waals surface area contributed by atoms with E-state index in [9.17, 15) is 9.50 Å². The van der Waals surface area contributed by atoms with Crippen LogP contribution in [0.3, 0.4) is 0 Å². The minimum absolute atomic E-state index is 0.0231. The van der Waals surface area contributed by atoms with Crippen molar-refractivity contribution in [2.75, 3.05) is 18.0 Å². The number of phenols is 1. The zero-order chi connectivity index (χ0) is 17.1. The van der Waals surface area contributed by atoms with Gasteiger partial charge in [-0.05, 0) is 44.0 Å². The molecule has 0 aliphatic rings. The van der Waals surface area contributed by atoms with Crippen LogP contribution in [0.4, 0.5) is 10.1 Å². The lowest BCUT2D eigenvalue weighted by Crippen LogP contribution is -2.25. The van der Waals surface area contributed by atoms with Crippen molar-refractivity contribution in [3.63, 3.8) is 0 Å². The topological polar surface area (TPSA) is 28.4 Å². The third-order valence-electron chi connectivity index (χ3n) is 4.50. The normalized spacial score (nSPS) is 11.1. The Labute approximate surface area is 141 Å². The summed E-state index contributed by atoms with van der Waals surface area (Å²) in [6.07, 6.45) is 2.83. The van der Waals surface area contributed by atoms with Crippen molar-refractivity contribution in [2.45, 2.75) is 26.8 Å². The summed E-state index contributed by atoms with van der Waals surface area (Å²) in [6.45, 7) is 6.66. The van der Waals surface area contributed by atoms with E-state index in [0.717, 1.165) is 42.5 Å². The number of phenolic OH excluding ortho intramolecular Hbond substituents is 1. The molecule has 3 rings (SSSR count). The number of hydrogen-bond acceptors (Lipinski definition) is 2. The largest absolute Gasteiger partial charge is 0.507 e. The van der Waals surface area contributed by atoms with Crippen molar-refractivity contribution < 1.29 is 9.50 Å². The molecule has 0 aliphatic carbocycles. The summed E-state index contributed by atoms with van der Waals surface area (Å²) in [7, 11) is 0. The molecule has 4 heteroatoms. The number of hydrogen-bond donors (Lipinski definition) is 1. The average Bonchev–Trinajstić information content (AvgIpc) is 2.94. The van der Waals surface area contributed by atoms with Crippen LogP contribution in [0.1, 0.15) is 19.4 Å². The lowest BCUT2D eigenvalue weighted by Gasteiger charge is -2.23. The smallest absolute Gasteiger partial charge is 0.129 e. The summed E-state index contributed by atoms with van der Waals surface area (Å²) in [5.74, 6) is -0.381. The van der Waals surface area contributed by atoms with Crippen LogP contribution in [0.15, 0.2) is 48.7 Å². The van der Waals surface area contributed by atoms with Crippen LogP contribution in [-0.2, 0) is 13.0 Å². The fourth-order valence-electron chi connectivity index (χ4n) is 3.27. The zero-order valence-corrected chi connectivity index (χ0v) is 14.2. The first-order valence-electron chi connectivity index (χ1n) is 8.44. The van der Waals surface area contributed by atoms with E-state index >= 15 is 0 Å². The number of rotatable bonds is 6. The highest BCUT2D eigenvalue weighted by Gasteiger charge is 2.14. The van der Waals surface area contributed by atoms with Crippen LogP contribution >= 0.6 is 0 Å². The maximum Gasteiger partial charge on any atom is 0.129 e. The van der Waals surface area contributed by atoms with Gasteiger partial charge in [0.2, 0.25) is 0 Å². The van der Waals surface area contributed by atoms with Crippen molar-refractivity contribution in [1.29, 1.82) is 0 Å². The van der Waals surface area contributed by atoms with Crippen LogP contribution in [-0.4, -0.2) is 22.8 Å². The van der Waals surface area contributed by atoms with E-state index in [-0.39, 0.29) is 5.75 Å². The van der Waals surface area contributed by atoms with Crippen LogP contribution in [0.5, 0.6) is 5.75 Å². The van der Waals surface area contributed by atoms with Gasteiger partial charge in [0, 0.05) is 43.0 Å². The summed E-state index contributed by atoms with van der Waals surface area (Å²) in [5, 5.41) is 11.0. The van der Waals surface area contributed by atoms with E-state index in [2.05, 4.69) is 24.0 Å². The molecular formula is C20H23FN2O. The monoisotopic (exact) mass is 326 g/mol. The van der Waals surface area contributed by atoms with Crippen molar-refractivity contribution in [3.8, 4) is 5.75 Å². The number of para-hydroxylation sites is 1. The molecule has 0 bridgehead atoms. The van der Waals surface area contributed by atoms with Gasteiger partial charge in [0.1, 0.15) is 11.6 Å². The second kappa shape index (κ2) is 6.95. The number of aromatic hydroxyl groups is 1. The van der Waals surface area contributed by atoms with Gasteiger partial charge >= 0.3 is 0 Å². The van der Waals surface area contributed by atoms with Gasteiger partial charge in [-0.15, -0.1) is 0 Å². The molecule has 0 spiro atoms. The highest BCUT2D eigenvalue weighted by atomic mass is 19.1. The van der Waals surface area contributed by atoms with Crippen molar-refractivity contribution in [1.82, 2.24) is 4.57 Å². The number of aromatic nitrogens is 1. The molecule has 126 valence electrons. The van der Waals surface area contributed by atoms with E-state index in [1.54, 1.807) is 0 Å². The third-order valence-corrected chi connectivity index (χ3v) is 4.50. The van der Waals surface area contributed by atoms with Crippen molar-refractivity contribution in [2.24, 2.45) is 0 Å². The van der Waals surface area contributed by atoms with E-state index in [1.165, 1.54) is 17.8 Å². The van der Waals surface area contributed by atoms with Crippen LogP contribution < -0.4 is 4.90 Å². The fourth-order valence-corrected chi connectivity index (χ4v) is 3.27. The number of nitrogens with zero attached hydrogens (tertiary/aromatic N) is 2. The van der Waals surface area contributed by atoms with Gasteiger partial charge in [-0.25, -0.2) is 4.39 Å². The van der Waals surface area contributed by atoms with Crippen molar-refractivity contribution >= 4 is 16.6 Å². The molecule has 0 radical (unpaired) electrons. The second-order valence-corrected chi connectivity index (χ2v) is 5.92. The van der Waals surface area contributed by atoms with Gasteiger partial charge < -0.3 is 14.6 Å². The average molecular weight is 326 g/mol. The number of aryl methyl sites for hydroxylation is 1. The third kappa shape index (κ3) is 3.09. The Kier molecular flexibility index (Phi) is 4.74. The Morgan fingerprint density at radius 1 is 1.12 bits per heavy atom. The molecule has 0 unspecified atom stereocenters. The standard InChI is InChI=1S/C20H23FN2O/c1-3-22(17-8-6-5-7-9-17)11-10-15-14-23(4-2)18-12-16(21)13-19(24)20(15)18/h5-9,12-14,24H,3-4,10-11H2,1-2H3. The molecule has 3 nitrogen and oxygen atoms in total. The van der Waals surface area contributed by atoms with Gasteiger partial charge in [-0.2, -0.15) is 0 Å². The van der Waals surface area contributed by atoms with Crippen LogP contribution in [0.25, 0.3) is 10.9 Å². The Morgan fingerprint density at radius 2 is 1.88 bits per heavy atom. The molecule has 1 N–H and O–H groups in total. The van der Waals surface area contributed by atoms with E-state index < -0.39 is 5.82 Å². The highest BCUT2D eigenvalue weighted by Crippen LogP contribution is 2.31. The molecular weight excluding hydrogens is 303 g/mol. The lowest BCUT2D eigenvalue weighted by atomic mass is 10.1. The molecule has 0 aliphatic heterocycles. The molecule has 24 heavy (non-hydrogen) atoms. The van der Waals surface area contributed by atoms with Gasteiger partial charge in [-0.3, -0.25) is 0 Å². The van der Waals surface area contributed by atoms with Gasteiger partial charge in [-0.1, -0.05) is 18.2 Å². The summed E-state index contributed by atoms with van der Waals surface area (Å²) in [6, 6.07) is 13.0. The first-order valence-corrected chi connectivity index (χ1v) is 8.44. The molecule has 0 amide bonds. The van der Waals surface area contributed by atoms with Crippen molar-refractivity contribution in [3.05, 3.63) is 60.0 Å². The number of halogens is 1. The molecule has 0 atom stereocenters. The molecule has 3 aromatic rings. The zero-order valence-electron chi connectivity index (χ0n) is 14.2. The lowest BCUT2D eigenvalue weighted by molar-refractivity contribution is 0.475. The number of anilines is 1. The minimum Gasteiger partial charge on any atom is -0.507 e. The molecule has 0 saturated carbocycles. The van der Waals surface area contributed by atoms with Gasteiger partial charge in [0.25, 0.3) is 0 Å². The predicted octanol–water partition coefficient (Wildman–Crippen LogP) is 4.57. The maximum atomic E-state index is 13.6. The maximum absolute atomic E-state index is 13.6. The van der Waals surface area contributed by atoms with Crippen LogP contribution in [0, 0.1) is 5.82 Å². The Balaban J connectivity index is 1.90. The molecule has 0 saturated heterocycles. The fraction of sp³-hybridized carbons (Fsp3) is 0.300. The van der Waals surface area contributed by atoms with E-state index in [0.29, 0.717) is 0 Å². The highest BCUT2D eigenvalue weighted by molar-refractivity contribution is 5.90. The Morgan fingerprint density at radius 3 is 2.54 bits per heavy atom. The molecule has 2 aromatic carbocycles. The summed E-state index contributed by atoms with van der Waals surface area (Å²) in [5.41, 5.74) is 3.00. The summed E-state index contributed by atoms with van der Waals surface area (Å²) in [4.78, 5) is 2.30. The number of likely N-dealkylation sites (N-methyl/N-ethyl adjacent to an activating group) is 1. The van der Waals surface area contributed by atoms with Gasteiger partial charge in [0.05, 0.1) is 5.52 Å².